The number of thiazole rings is 1. The van der Waals surface area contributed by atoms with Crippen molar-refractivity contribution in [3.05, 3.63) is 51.0 Å². The van der Waals surface area contributed by atoms with Crippen molar-refractivity contribution >= 4 is 22.9 Å². The average Bonchev–Trinajstić information content (AvgIpc) is 2.69. The van der Waals surface area contributed by atoms with Gasteiger partial charge in [0, 0.05) is 10.4 Å². The minimum Gasteiger partial charge on any atom is -0.294 e. The van der Waals surface area contributed by atoms with Crippen molar-refractivity contribution in [3.8, 4) is 0 Å². The molecule has 0 saturated heterocycles. The summed E-state index contributed by atoms with van der Waals surface area (Å²) in [6.07, 6.45) is -0.118. The molecule has 0 N–H and O–H groups in total. The lowest BCUT2D eigenvalue weighted by Crippen LogP contribution is -2.10. The minimum absolute atomic E-state index is 0.118. The van der Waals surface area contributed by atoms with E-state index in [0.29, 0.717) is 11.3 Å². The first-order chi connectivity index (χ1) is 8.97. The maximum absolute atomic E-state index is 12.1. The first-order valence-corrected chi connectivity index (χ1v) is 6.86. The van der Waals surface area contributed by atoms with Crippen LogP contribution in [-0.4, -0.2) is 16.6 Å². The predicted molar refractivity (Wildman–Crippen MR) is 76.0 cm³/mol. The van der Waals surface area contributed by atoms with Crippen LogP contribution in [0.1, 0.15) is 42.7 Å². The molecule has 0 unspecified atom stereocenters. The highest BCUT2D eigenvalue weighted by Crippen LogP contribution is 2.18. The van der Waals surface area contributed by atoms with Gasteiger partial charge in [0.1, 0.15) is 5.69 Å². The quantitative estimate of drug-likeness (QED) is 0.632. The molecule has 0 atom stereocenters. The van der Waals surface area contributed by atoms with Gasteiger partial charge in [-0.15, -0.1) is 11.3 Å². The zero-order chi connectivity index (χ0) is 14.0. The Morgan fingerprint density at radius 2 is 1.68 bits per heavy atom. The summed E-state index contributed by atoms with van der Waals surface area (Å²) in [6, 6.07) is 7.25. The van der Waals surface area contributed by atoms with E-state index in [4.69, 9.17) is 0 Å². The monoisotopic (exact) mass is 273 g/mol. The van der Waals surface area contributed by atoms with Gasteiger partial charge in [-0.1, -0.05) is 29.8 Å². The van der Waals surface area contributed by atoms with Crippen molar-refractivity contribution < 1.29 is 9.59 Å². The van der Waals surface area contributed by atoms with Crippen LogP contribution in [0.3, 0.4) is 0 Å². The highest BCUT2D eigenvalue weighted by atomic mass is 32.1. The number of benzene rings is 1. The Morgan fingerprint density at radius 1 is 1.05 bits per heavy atom. The van der Waals surface area contributed by atoms with Crippen molar-refractivity contribution in [2.45, 2.75) is 27.2 Å². The summed E-state index contributed by atoms with van der Waals surface area (Å²) in [5.74, 6) is -0.359. The molecule has 2 aromatic rings. The molecule has 1 aromatic carbocycles. The Bertz CT molecular complexity index is 626. The third kappa shape index (κ3) is 3.15. The second-order valence-electron chi connectivity index (χ2n) is 4.53. The van der Waals surface area contributed by atoms with Gasteiger partial charge in [-0.3, -0.25) is 9.59 Å². The van der Waals surface area contributed by atoms with Crippen molar-refractivity contribution in [3.63, 3.8) is 0 Å². The fraction of sp³-hybridized carbons (Fsp3) is 0.267. The molecule has 0 saturated carbocycles. The van der Waals surface area contributed by atoms with E-state index in [-0.39, 0.29) is 18.0 Å². The van der Waals surface area contributed by atoms with Gasteiger partial charge in [0.2, 0.25) is 0 Å². The van der Waals surface area contributed by atoms with E-state index in [0.717, 1.165) is 15.4 Å². The number of Topliss-reactive ketones (excluding diaryl/α,β-unsaturated/α-hetero) is 2. The normalized spacial score (nSPS) is 10.5. The second kappa shape index (κ2) is 5.45. The molecule has 2 rings (SSSR count). The van der Waals surface area contributed by atoms with Crippen molar-refractivity contribution in [2.75, 3.05) is 0 Å². The summed E-state index contributed by atoms with van der Waals surface area (Å²) < 4.78 is 0. The third-order valence-corrected chi connectivity index (χ3v) is 3.75. The number of hydrogen-bond donors (Lipinski definition) is 0. The second-order valence-corrected chi connectivity index (χ2v) is 5.93. The predicted octanol–water partition coefficient (Wildman–Crippen LogP) is 3.52. The lowest BCUT2D eigenvalue weighted by atomic mass is 10.0. The molecule has 0 aliphatic carbocycles. The van der Waals surface area contributed by atoms with Gasteiger partial charge in [-0.2, -0.15) is 0 Å². The molecule has 0 aliphatic heterocycles. The Kier molecular flexibility index (Phi) is 3.90. The van der Waals surface area contributed by atoms with Crippen molar-refractivity contribution in [1.82, 2.24) is 4.98 Å². The van der Waals surface area contributed by atoms with Gasteiger partial charge in [0.25, 0.3) is 0 Å². The zero-order valence-corrected chi connectivity index (χ0v) is 12.0. The smallest absolute Gasteiger partial charge is 0.190 e. The number of aromatic nitrogens is 1. The summed E-state index contributed by atoms with van der Waals surface area (Å²) in [5, 5.41) is 0.851. The summed E-state index contributed by atoms with van der Waals surface area (Å²) >= 11 is 1.48. The molecule has 0 fully saturated rings. The molecule has 0 aliphatic rings. The van der Waals surface area contributed by atoms with E-state index in [1.807, 2.05) is 32.9 Å². The number of carbonyl (C=O) groups excluding carboxylic acids is 2. The Hall–Kier alpha value is -1.81. The summed E-state index contributed by atoms with van der Waals surface area (Å²) in [5.41, 5.74) is 2.10. The molecule has 19 heavy (non-hydrogen) atoms. The molecule has 1 aromatic heterocycles. The molecular weight excluding hydrogens is 258 g/mol. The minimum atomic E-state index is -0.201. The molecule has 0 radical (unpaired) electrons. The van der Waals surface area contributed by atoms with Gasteiger partial charge in [-0.25, -0.2) is 4.98 Å². The highest BCUT2D eigenvalue weighted by Gasteiger charge is 2.18. The number of hydrogen-bond acceptors (Lipinski definition) is 4. The molecule has 1 heterocycles. The van der Waals surface area contributed by atoms with Crippen LogP contribution in [0.5, 0.6) is 0 Å². The van der Waals surface area contributed by atoms with E-state index >= 15 is 0 Å². The van der Waals surface area contributed by atoms with Gasteiger partial charge >= 0.3 is 0 Å². The number of nitrogens with zero attached hydrogens (tertiary/aromatic N) is 1. The summed E-state index contributed by atoms with van der Waals surface area (Å²) in [6.45, 7) is 5.67. The Balaban J connectivity index is 2.13. The van der Waals surface area contributed by atoms with Crippen LogP contribution in [-0.2, 0) is 0 Å². The average molecular weight is 273 g/mol. The lowest BCUT2D eigenvalue weighted by Gasteiger charge is -2.01. The maximum Gasteiger partial charge on any atom is 0.190 e. The van der Waals surface area contributed by atoms with Crippen LogP contribution in [0.2, 0.25) is 0 Å². The van der Waals surface area contributed by atoms with Crippen LogP contribution in [0.15, 0.2) is 24.3 Å². The summed E-state index contributed by atoms with van der Waals surface area (Å²) in [4.78, 5) is 29.1. The van der Waals surface area contributed by atoms with E-state index in [9.17, 15) is 9.59 Å². The molecular formula is C15H15NO2S. The van der Waals surface area contributed by atoms with Crippen molar-refractivity contribution in [1.29, 1.82) is 0 Å². The molecule has 4 heteroatoms. The molecule has 0 amide bonds. The Labute approximate surface area is 116 Å². The lowest BCUT2D eigenvalue weighted by molar-refractivity contribution is 0.0891. The Morgan fingerprint density at radius 3 is 2.21 bits per heavy atom. The van der Waals surface area contributed by atoms with Crippen LogP contribution in [0.4, 0.5) is 0 Å². The van der Waals surface area contributed by atoms with Crippen LogP contribution >= 0.6 is 11.3 Å². The number of aryl methyl sites for hydroxylation is 3. The van der Waals surface area contributed by atoms with Crippen LogP contribution in [0.25, 0.3) is 0 Å². The maximum atomic E-state index is 12.1. The topological polar surface area (TPSA) is 47.0 Å². The molecule has 3 nitrogen and oxygen atoms in total. The first kappa shape index (κ1) is 13.6. The number of carbonyl (C=O) groups is 2. The van der Waals surface area contributed by atoms with Crippen LogP contribution in [0, 0.1) is 20.8 Å². The standard InChI is InChI=1S/C15H15NO2S/c1-9-4-6-12(7-5-9)13(17)8-14(18)15-10(2)19-11(3)16-15/h4-7H,8H2,1-3H3. The van der Waals surface area contributed by atoms with Gasteiger partial charge in [0.05, 0.1) is 11.4 Å². The first-order valence-electron chi connectivity index (χ1n) is 6.04. The van der Waals surface area contributed by atoms with E-state index in [1.54, 1.807) is 12.1 Å². The van der Waals surface area contributed by atoms with E-state index in [2.05, 4.69) is 4.98 Å². The summed E-state index contributed by atoms with van der Waals surface area (Å²) in [7, 11) is 0. The molecule has 0 bridgehead atoms. The van der Waals surface area contributed by atoms with E-state index < -0.39 is 0 Å². The number of ketones is 2. The van der Waals surface area contributed by atoms with Gasteiger partial charge < -0.3 is 0 Å². The fourth-order valence-corrected chi connectivity index (χ4v) is 2.69. The number of rotatable bonds is 4. The molecule has 0 spiro atoms. The van der Waals surface area contributed by atoms with Gasteiger partial charge in [-0.05, 0) is 20.8 Å². The van der Waals surface area contributed by atoms with Crippen LogP contribution < -0.4 is 0 Å². The molecule has 98 valence electrons. The fourth-order valence-electron chi connectivity index (χ4n) is 1.86. The zero-order valence-electron chi connectivity index (χ0n) is 11.2. The van der Waals surface area contributed by atoms with E-state index in [1.165, 1.54) is 11.3 Å². The van der Waals surface area contributed by atoms with Crippen molar-refractivity contribution in [2.24, 2.45) is 0 Å². The highest BCUT2D eigenvalue weighted by molar-refractivity contribution is 7.11. The van der Waals surface area contributed by atoms with Gasteiger partial charge in [0.15, 0.2) is 11.6 Å². The largest absolute Gasteiger partial charge is 0.294 e. The SMILES string of the molecule is Cc1ccc(C(=O)CC(=O)c2nc(C)sc2C)cc1. The third-order valence-electron chi connectivity index (χ3n) is 2.86.